The summed E-state index contributed by atoms with van der Waals surface area (Å²) in [4.78, 5) is 16.0. The summed E-state index contributed by atoms with van der Waals surface area (Å²) in [7, 11) is 0. The van der Waals surface area contributed by atoms with Crippen molar-refractivity contribution in [3.8, 4) is 0 Å². The molecule has 0 radical (unpaired) electrons. The fourth-order valence-electron chi connectivity index (χ4n) is 2.68. The van der Waals surface area contributed by atoms with E-state index in [1.54, 1.807) is 0 Å². The summed E-state index contributed by atoms with van der Waals surface area (Å²) in [6, 6.07) is 10.5. The zero-order chi connectivity index (χ0) is 14.5. The van der Waals surface area contributed by atoms with Gasteiger partial charge in [-0.25, -0.2) is 4.98 Å². The van der Waals surface area contributed by atoms with Gasteiger partial charge < -0.3 is 5.32 Å². The van der Waals surface area contributed by atoms with Crippen LogP contribution in [0.25, 0.3) is 0 Å². The normalized spacial score (nSPS) is 16.2. The van der Waals surface area contributed by atoms with Gasteiger partial charge in [-0.05, 0) is 18.4 Å². The maximum absolute atomic E-state index is 12.0. The molecule has 0 atom stereocenters. The number of aromatic amines is 1. The Bertz CT molecular complexity index is 581. The summed E-state index contributed by atoms with van der Waals surface area (Å²) < 4.78 is 0. The minimum absolute atomic E-state index is 0.0404. The molecular formula is C15H18N4OS. The van der Waals surface area contributed by atoms with Crippen LogP contribution in [0.15, 0.2) is 41.8 Å². The van der Waals surface area contributed by atoms with E-state index in [2.05, 4.69) is 44.8 Å². The van der Waals surface area contributed by atoms with Crippen molar-refractivity contribution in [3.05, 3.63) is 42.2 Å². The van der Waals surface area contributed by atoms with E-state index >= 15 is 0 Å². The van der Waals surface area contributed by atoms with Crippen molar-refractivity contribution >= 4 is 17.7 Å². The molecule has 1 aliphatic carbocycles. The molecule has 1 amide bonds. The molecule has 1 fully saturated rings. The van der Waals surface area contributed by atoms with Crippen LogP contribution in [0, 0.1) is 0 Å². The number of aromatic nitrogens is 3. The van der Waals surface area contributed by atoms with Crippen molar-refractivity contribution < 1.29 is 4.79 Å². The van der Waals surface area contributed by atoms with Gasteiger partial charge in [-0.15, -0.1) is 0 Å². The number of amides is 1. The first-order valence-electron chi connectivity index (χ1n) is 7.09. The van der Waals surface area contributed by atoms with Crippen molar-refractivity contribution in [1.82, 2.24) is 20.5 Å². The second-order valence-electron chi connectivity index (χ2n) is 5.36. The highest BCUT2D eigenvalue weighted by atomic mass is 32.2. The maximum atomic E-state index is 12.0. The SMILES string of the molecule is O=C(CSc1ncn[nH]1)NCC1(c2ccccc2)CCC1. The van der Waals surface area contributed by atoms with E-state index in [1.165, 1.54) is 30.1 Å². The Labute approximate surface area is 127 Å². The van der Waals surface area contributed by atoms with Crippen LogP contribution in [0.4, 0.5) is 0 Å². The molecule has 1 saturated carbocycles. The van der Waals surface area contributed by atoms with Crippen LogP contribution in [0.2, 0.25) is 0 Å². The van der Waals surface area contributed by atoms with E-state index in [4.69, 9.17) is 0 Å². The number of H-pyrrole nitrogens is 1. The highest BCUT2D eigenvalue weighted by Crippen LogP contribution is 2.43. The monoisotopic (exact) mass is 302 g/mol. The minimum Gasteiger partial charge on any atom is -0.354 e. The van der Waals surface area contributed by atoms with Gasteiger partial charge in [-0.1, -0.05) is 48.5 Å². The third-order valence-electron chi connectivity index (χ3n) is 4.05. The van der Waals surface area contributed by atoms with Gasteiger partial charge in [0.2, 0.25) is 5.91 Å². The number of nitrogens with zero attached hydrogens (tertiary/aromatic N) is 2. The van der Waals surface area contributed by atoms with Crippen LogP contribution in [-0.4, -0.2) is 33.4 Å². The van der Waals surface area contributed by atoms with Crippen molar-refractivity contribution in [2.24, 2.45) is 0 Å². The fraction of sp³-hybridized carbons (Fsp3) is 0.400. The lowest BCUT2D eigenvalue weighted by Gasteiger charge is -2.42. The first-order valence-corrected chi connectivity index (χ1v) is 8.07. The molecule has 110 valence electrons. The average molecular weight is 302 g/mol. The van der Waals surface area contributed by atoms with E-state index in [0.717, 1.165) is 12.8 Å². The molecule has 0 aliphatic heterocycles. The Morgan fingerprint density at radius 3 is 2.76 bits per heavy atom. The first-order chi connectivity index (χ1) is 10.3. The molecule has 1 aromatic carbocycles. The van der Waals surface area contributed by atoms with Crippen molar-refractivity contribution in [1.29, 1.82) is 0 Å². The number of carbonyl (C=O) groups excluding carboxylic acids is 1. The van der Waals surface area contributed by atoms with Gasteiger partial charge >= 0.3 is 0 Å². The summed E-state index contributed by atoms with van der Waals surface area (Å²) in [5.41, 5.74) is 1.47. The molecule has 1 aliphatic rings. The van der Waals surface area contributed by atoms with Gasteiger partial charge in [-0.3, -0.25) is 9.89 Å². The summed E-state index contributed by atoms with van der Waals surface area (Å²) in [5.74, 6) is 0.402. The first kappa shape index (κ1) is 14.1. The van der Waals surface area contributed by atoms with E-state index in [0.29, 0.717) is 17.5 Å². The largest absolute Gasteiger partial charge is 0.354 e. The van der Waals surface area contributed by atoms with Gasteiger partial charge in [0.05, 0.1) is 5.75 Å². The van der Waals surface area contributed by atoms with E-state index < -0.39 is 0 Å². The smallest absolute Gasteiger partial charge is 0.230 e. The standard InChI is InChI=1S/C15H18N4OS/c20-13(9-21-14-17-11-18-19-14)16-10-15(7-4-8-15)12-5-2-1-3-6-12/h1-3,5-6,11H,4,7-10H2,(H,16,20)(H,17,18,19). The second-order valence-corrected chi connectivity index (χ2v) is 6.32. The molecule has 1 heterocycles. The number of thioether (sulfide) groups is 1. The van der Waals surface area contributed by atoms with Gasteiger partial charge in [0.1, 0.15) is 6.33 Å². The average Bonchev–Trinajstić information content (AvgIpc) is 2.98. The van der Waals surface area contributed by atoms with E-state index in [1.807, 2.05) is 6.07 Å². The van der Waals surface area contributed by atoms with Gasteiger partial charge in [-0.2, -0.15) is 5.10 Å². The molecule has 0 unspecified atom stereocenters. The van der Waals surface area contributed by atoms with Crippen LogP contribution in [-0.2, 0) is 10.2 Å². The van der Waals surface area contributed by atoms with Gasteiger partial charge in [0.25, 0.3) is 0 Å². The Kier molecular flexibility index (Phi) is 4.24. The van der Waals surface area contributed by atoms with E-state index in [9.17, 15) is 4.79 Å². The highest BCUT2D eigenvalue weighted by Gasteiger charge is 2.38. The molecule has 0 spiro atoms. The predicted molar refractivity (Wildman–Crippen MR) is 82.1 cm³/mol. The number of benzene rings is 1. The molecule has 1 aromatic heterocycles. The Hall–Kier alpha value is -1.82. The van der Waals surface area contributed by atoms with Gasteiger partial charge in [0, 0.05) is 12.0 Å². The van der Waals surface area contributed by atoms with Crippen LogP contribution in [0.5, 0.6) is 0 Å². The van der Waals surface area contributed by atoms with Crippen LogP contribution in [0.1, 0.15) is 24.8 Å². The third kappa shape index (κ3) is 3.26. The van der Waals surface area contributed by atoms with Crippen molar-refractivity contribution in [3.63, 3.8) is 0 Å². The van der Waals surface area contributed by atoms with Gasteiger partial charge in [0.15, 0.2) is 5.16 Å². The van der Waals surface area contributed by atoms with Crippen molar-refractivity contribution in [2.75, 3.05) is 12.3 Å². The quantitative estimate of drug-likeness (QED) is 0.802. The summed E-state index contributed by atoms with van der Waals surface area (Å²) in [5, 5.41) is 10.2. The number of carbonyl (C=O) groups is 1. The zero-order valence-electron chi connectivity index (χ0n) is 11.7. The topological polar surface area (TPSA) is 70.7 Å². The summed E-state index contributed by atoms with van der Waals surface area (Å²) in [6.45, 7) is 0.715. The van der Waals surface area contributed by atoms with Crippen LogP contribution in [0.3, 0.4) is 0 Å². The Morgan fingerprint density at radius 1 is 1.33 bits per heavy atom. The lowest BCUT2D eigenvalue weighted by atomic mass is 9.64. The Morgan fingerprint density at radius 2 is 2.14 bits per heavy atom. The minimum atomic E-state index is 0.0404. The highest BCUT2D eigenvalue weighted by molar-refractivity contribution is 7.99. The summed E-state index contributed by atoms with van der Waals surface area (Å²) >= 11 is 1.37. The lowest BCUT2D eigenvalue weighted by Crippen LogP contribution is -2.46. The number of hydrogen-bond donors (Lipinski definition) is 2. The molecule has 2 aromatic rings. The van der Waals surface area contributed by atoms with Crippen LogP contribution < -0.4 is 5.32 Å². The predicted octanol–water partition coefficient (Wildman–Crippen LogP) is 2.13. The maximum Gasteiger partial charge on any atom is 0.230 e. The molecule has 5 nitrogen and oxygen atoms in total. The molecule has 21 heavy (non-hydrogen) atoms. The third-order valence-corrected chi connectivity index (χ3v) is 4.93. The number of nitrogens with one attached hydrogen (secondary N) is 2. The molecular weight excluding hydrogens is 284 g/mol. The molecule has 2 N–H and O–H groups in total. The summed E-state index contributed by atoms with van der Waals surface area (Å²) in [6.07, 6.45) is 4.97. The second kappa shape index (κ2) is 6.30. The Balaban J connectivity index is 1.52. The van der Waals surface area contributed by atoms with Crippen LogP contribution >= 0.6 is 11.8 Å². The lowest BCUT2D eigenvalue weighted by molar-refractivity contribution is -0.119. The fourth-order valence-corrected chi connectivity index (χ4v) is 3.29. The molecule has 0 bridgehead atoms. The number of rotatable bonds is 6. The molecule has 0 saturated heterocycles. The number of hydrogen-bond acceptors (Lipinski definition) is 4. The zero-order valence-corrected chi connectivity index (χ0v) is 12.5. The molecule has 6 heteroatoms. The van der Waals surface area contributed by atoms with Crippen molar-refractivity contribution in [2.45, 2.75) is 29.8 Å². The van der Waals surface area contributed by atoms with E-state index in [-0.39, 0.29) is 11.3 Å². The molecule has 3 rings (SSSR count).